The number of rotatable bonds is 8. The average Bonchev–Trinajstić information content (AvgIpc) is 2.46. The molecule has 0 heterocycles. The fourth-order valence-corrected chi connectivity index (χ4v) is 8.21. The molecule has 0 amide bonds. The summed E-state index contributed by atoms with van der Waals surface area (Å²) in [4.78, 5) is 0. The average molecular weight is 307 g/mol. The summed E-state index contributed by atoms with van der Waals surface area (Å²) in [6.07, 6.45) is 12.4. The zero-order valence-electron chi connectivity index (χ0n) is 15.1. The quantitative estimate of drug-likeness (QED) is 0.385. The number of hydrogen-bond donors (Lipinski definition) is 1. The van der Waals surface area contributed by atoms with Crippen LogP contribution >= 0.6 is 7.26 Å². The molecule has 0 aromatic rings. The first-order chi connectivity index (χ1) is 9.79. The Balaban J connectivity index is 3.11. The molecule has 0 radical (unpaired) electrons. The molecular formula is C18H35BNP. The zero-order valence-corrected chi connectivity index (χ0v) is 16.1. The van der Waals surface area contributed by atoms with E-state index in [1.54, 1.807) is 5.57 Å². The molecule has 0 aromatic carbocycles. The number of hydrogen-bond acceptors (Lipinski definition) is 1. The van der Waals surface area contributed by atoms with Crippen LogP contribution in [0.2, 0.25) is 0 Å². The van der Waals surface area contributed by atoms with Crippen molar-refractivity contribution in [1.29, 1.82) is 5.41 Å². The van der Waals surface area contributed by atoms with Gasteiger partial charge in [-0.2, -0.15) is 0 Å². The first-order valence-electron chi connectivity index (χ1n) is 8.70. The van der Waals surface area contributed by atoms with Crippen LogP contribution < -0.4 is 0 Å². The fraction of sp³-hybridized carbons (Fsp3) is 0.722. The Bertz CT molecular complexity index is 427. The third-order valence-electron chi connectivity index (χ3n) is 6.14. The molecule has 0 spiro atoms. The van der Waals surface area contributed by atoms with Crippen LogP contribution in [0.25, 0.3) is 0 Å². The summed E-state index contributed by atoms with van der Waals surface area (Å²) in [6.45, 7) is 12.0. The van der Waals surface area contributed by atoms with Gasteiger partial charge in [-0.05, 0) is 0 Å². The van der Waals surface area contributed by atoms with E-state index >= 15 is 0 Å². The third kappa shape index (κ3) is 4.32. The molecule has 1 unspecified atom stereocenters. The molecule has 1 nitrogen and oxygen atoms in total. The summed E-state index contributed by atoms with van der Waals surface area (Å²) < 4.78 is 0. The van der Waals surface area contributed by atoms with Gasteiger partial charge in [-0.25, -0.2) is 0 Å². The Morgan fingerprint density at radius 1 is 1.48 bits per heavy atom. The van der Waals surface area contributed by atoms with Gasteiger partial charge in [0.1, 0.15) is 0 Å². The van der Waals surface area contributed by atoms with Crippen molar-refractivity contribution in [2.45, 2.75) is 70.6 Å². The SMILES string of the molecule is BC[PH](C)(C(C)C)C(C)(CC(=N)CC)CC1=CC=CCC1. The maximum absolute atomic E-state index is 8.30. The van der Waals surface area contributed by atoms with Gasteiger partial charge in [-0.3, -0.25) is 0 Å². The van der Waals surface area contributed by atoms with Gasteiger partial charge >= 0.3 is 133 Å². The van der Waals surface area contributed by atoms with Crippen LogP contribution in [0.15, 0.2) is 23.8 Å². The Kier molecular flexibility index (Phi) is 6.92. The van der Waals surface area contributed by atoms with E-state index in [-0.39, 0.29) is 0 Å². The van der Waals surface area contributed by atoms with E-state index in [2.05, 4.69) is 60.4 Å². The molecule has 0 saturated heterocycles. The molecule has 0 bridgehead atoms. The van der Waals surface area contributed by atoms with Crippen molar-refractivity contribution in [3.05, 3.63) is 23.8 Å². The van der Waals surface area contributed by atoms with Gasteiger partial charge in [0.05, 0.1) is 0 Å². The summed E-state index contributed by atoms with van der Waals surface area (Å²) in [5, 5.41) is 8.61. The van der Waals surface area contributed by atoms with E-state index in [1.165, 1.54) is 25.3 Å². The van der Waals surface area contributed by atoms with Gasteiger partial charge < -0.3 is 0 Å². The third-order valence-corrected chi connectivity index (χ3v) is 13.3. The first kappa shape index (κ1) is 18.7. The molecule has 1 aliphatic carbocycles. The van der Waals surface area contributed by atoms with Crippen LogP contribution in [-0.4, -0.2) is 37.1 Å². The van der Waals surface area contributed by atoms with Crippen molar-refractivity contribution < 1.29 is 0 Å². The van der Waals surface area contributed by atoms with Crippen molar-refractivity contribution >= 4 is 20.8 Å². The summed E-state index contributed by atoms with van der Waals surface area (Å²) in [5.41, 5.74) is 3.32. The minimum absolute atomic E-state index is 0.319. The topological polar surface area (TPSA) is 23.9 Å². The number of nitrogens with one attached hydrogen (secondary N) is 1. The van der Waals surface area contributed by atoms with Crippen molar-refractivity contribution in [3.63, 3.8) is 0 Å². The predicted molar refractivity (Wildman–Crippen MR) is 105 cm³/mol. The Hall–Kier alpha value is -0.355. The monoisotopic (exact) mass is 307 g/mol. The molecule has 3 heteroatoms. The zero-order chi connectivity index (χ0) is 16.1. The van der Waals surface area contributed by atoms with Crippen LogP contribution in [0.1, 0.15) is 59.8 Å². The standard InChI is InChI=1S/C18H35BNP/c1-6-17(20)13-18(4,21(5,14-19)15(2)3)12-16-10-8-7-9-11-16/h7-8,10,15,20-21H,6,9,11-14,19H2,1-5H3. The predicted octanol–water partition coefficient (Wildman–Crippen LogP) is 4.61. The minimum atomic E-state index is -1.42. The Morgan fingerprint density at radius 3 is 2.57 bits per heavy atom. The summed E-state index contributed by atoms with van der Waals surface area (Å²) in [5.74, 6) is 0. The molecule has 120 valence electrons. The molecule has 1 aliphatic rings. The second-order valence-corrected chi connectivity index (χ2v) is 13.5. The van der Waals surface area contributed by atoms with Gasteiger partial charge in [0.2, 0.25) is 0 Å². The van der Waals surface area contributed by atoms with Crippen LogP contribution in [0.3, 0.4) is 0 Å². The van der Waals surface area contributed by atoms with Crippen LogP contribution in [-0.2, 0) is 0 Å². The molecule has 0 saturated carbocycles. The van der Waals surface area contributed by atoms with Crippen molar-refractivity contribution in [1.82, 2.24) is 0 Å². The van der Waals surface area contributed by atoms with Crippen LogP contribution in [0.5, 0.6) is 0 Å². The van der Waals surface area contributed by atoms with Crippen LogP contribution in [0.4, 0.5) is 0 Å². The summed E-state index contributed by atoms with van der Waals surface area (Å²) in [7, 11) is 0.961. The van der Waals surface area contributed by atoms with E-state index in [0.29, 0.717) is 5.16 Å². The second kappa shape index (κ2) is 7.77. The summed E-state index contributed by atoms with van der Waals surface area (Å²) >= 11 is 0. The molecular weight excluding hydrogens is 272 g/mol. The van der Waals surface area contributed by atoms with Gasteiger partial charge in [0.25, 0.3) is 0 Å². The molecule has 1 N–H and O–H groups in total. The van der Waals surface area contributed by atoms with Gasteiger partial charge in [-0.15, -0.1) is 0 Å². The fourth-order valence-electron chi connectivity index (χ4n) is 3.90. The van der Waals surface area contributed by atoms with E-state index in [4.69, 9.17) is 5.41 Å². The molecule has 21 heavy (non-hydrogen) atoms. The molecule has 0 fully saturated rings. The molecule has 0 aromatic heterocycles. The van der Waals surface area contributed by atoms with Crippen molar-refractivity contribution in [3.8, 4) is 0 Å². The van der Waals surface area contributed by atoms with E-state index in [1.807, 2.05) is 0 Å². The molecule has 0 aliphatic heterocycles. The van der Waals surface area contributed by atoms with Gasteiger partial charge in [0.15, 0.2) is 0 Å². The molecule has 1 atom stereocenters. The molecule has 1 rings (SSSR count). The van der Waals surface area contributed by atoms with Crippen LogP contribution in [0, 0.1) is 5.41 Å². The van der Waals surface area contributed by atoms with E-state index in [0.717, 1.165) is 24.2 Å². The number of allylic oxidation sites excluding steroid dienone is 4. The maximum atomic E-state index is 8.30. The first-order valence-corrected chi connectivity index (χ1v) is 11.5. The van der Waals surface area contributed by atoms with Crippen molar-refractivity contribution in [2.24, 2.45) is 0 Å². The normalized spacial score (nSPS) is 19.2. The summed E-state index contributed by atoms with van der Waals surface area (Å²) in [6, 6.07) is 1.32. The second-order valence-electron chi connectivity index (χ2n) is 7.59. The Labute approximate surface area is 133 Å². The van der Waals surface area contributed by atoms with E-state index in [9.17, 15) is 0 Å². The van der Waals surface area contributed by atoms with Crippen molar-refractivity contribution in [2.75, 3.05) is 12.7 Å². The van der Waals surface area contributed by atoms with Gasteiger partial charge in [-0.1, -0.05) is 0 Å². The Morgan fingerprint density at radius 2 is 2.14 bits per heavy atom. The van der Waals surface area contributed by atoms with Gasteiger partial charge in [0, 0.05) is 0 Å². The van der Waals surface area contributed by atoms with E-state index < -0.39 is 7.26 Å².